The molecule has 0 saturated carbocycles. The van der Waals surface area contributed by atoms with Crippen LogP contribution in [0.5, 0.6) is 0 Å². The molecule has 2 unspecified atom stereocenters. The molecule has 16 heavy (non-hydrogen) atoms. The minimum atomic E-state index is -1.11. The molecule has 1 amide bonds. The fourth-order valence-electron chi connectivity index (χ4n) is 0.840. The van der Waals surface area contributed by atoms with Gasteiger partial charge < -0.3 is 15.2 Å². The summed E-state index contributed by atoms with van der Waals surface area (Å²) in [5, 5.41) is 11.0. The number of hydrogen-bond acceptors (Lipinski definition) is 4. The SMILES string of the molecule is C=CCOCC(NC(=O)C(C)SC)C(=O)O. The number of aliphatic carboxylic acids is 1. The van der Waals surface area contributed by atoms with Gasteiger partial charge in [-0.15, -0.1) is 6.58 Å². The Morgan fingerprint density at radius 2 is 2.25 bits per heavy atom. The van der Waals surface area contributed by atoms with Gasteiger partial charge in [-0.05, 0) is 13.2 Å². The van der Waals surface area contributed by atoms with Crippen molar-refractivity contribution in [1.29, 1.82) is 0 Å². The Morgan fingerprint density at radius 3 is 2.69 bits per heavy atom. The lowest BCUT2D eigenvalue weighted by Crippen LogP contribution is -2.46. The summed E-state index contributed by atoms with van der Waals surface area (Å²) in [5.41, 5.74) is 0. The lowest BCUT2D eigenvalue weighted by atomic mass is 10.3. The first-order valence-corrected chi connectivity index (χ1v) is 6.06. The lowest BCUT2D eigenvalue weighted by molar-refractivity contribution is -0.143. The molecule has 0 aliphatic rings. The van der Waals surface area contributed by atoms with Crippen LogP contribution < -0.4 is 5.32 Å². The summed E-state index contributed by atoms with van der Waals surface area (Å²) >= 11 is 1.35. The van der Waals surface area contributed by atoms with Crippen molar-refractivity contribution in [3.8, 4) is 0 Å². The Bertz CT molecular complexity index is 257. The van der Waals surface area contributed by atoms with Crippen molar-refractivity contribution in [3.05, 3.63) is 12.7 Å². The monoisotopic (exact) mass is 247 g/mol. The smallest absolute Gasteiger partial charge is 0.328 e. The van der Waals surface area contributed by atoms with E-state index in [1.54, 1.807) is 13.2 Å². The summed E-state index contributed by atoms with van der Waals surface area (Å²) in [7, 11) is 0. The summed E-state index contributed by atoms with van der Waals surface area (Å²) in [6.07, 6.45) is 3.31. The van der Waals surface area contributed by atoms with Crippen molar-refractivity contribution >= 4 is 23.6 Å². The minimum absolute atomic E-state index is 0.0613. The molecule has 0 aliphatic carbocycles. The number of nitrogens with one attached hydrogen (secondary N) is 1. The molecular formula is C10H17NO4S. The Hall–Kier alpha value is -1.01. The largest absolute Gasteiger partial charge is 0.480 e. The van der Waals surface area contributed by atoms with Gasteiger partial charge in [-0.2, -0.15) is 11.8 Å². The summed E-state index contributed by atoms with van der Waals surface area (Å²) in [4.78, 5) is 22.3. The number of carbonyl (C=O) groups excluding carboxylic acids is 1. The second kappa shape index (κ2) is 8.18. The molecule has 0 aromatic rings. The Labute approximate surface area is 99.2 Å². The van der Waals surface area contributed by atoms with Gasteiger partial charge in [0.2, 0.25) is 5.91 Å². The molecule has 0 aromatic heterocycles. The van der Waals surface area contributed by atoms with Crippen LogP contribution in [0.2, 0.25) is 0 Å². The molecule has 0 rings (SSSR count). The number of carboxylic acid groups (broad SMARTS) is 1. The zero-order valence-corrected chi connectivity index (χ0v) is 10.3. The van der Waals surface area contributed by atoms with Crippen LogP contribution in [0.1, 0.15) is 6.92 Å². The van der Waals surface area contributed by atoms with Crippen LogP contribution in [0.3, 0.4) is 0 Å². The van der Waals surface area contributed by atoms with E-state index in [9.17, 15) is 9.59 Å². The topological polar surface area (TPSA) is 75.6 Å². The Kier molecular flexibility index (Phi) is 7.66. The highest BCUT2D eigenvalue weighted by Crippen LogP contribution is 2.05. The predicted molar refractivity (Wildman–Crippen MR) is 63.6 cm³/mol. The van der Waals surface area contributed by atoms with E-state index in [2.05, 4.69) is 11.9 Å². The van der Waals surface area contributed by atoms with Gasteiger partial charge in [0.15, 0.2) is 6.04 Å². The minimum Gasteiger partial charge on any atom is -0.480 e. The summed E-state index contributed by atoms with van der Waals surface area (Å²) < 4.78 is 5.00. The normalized spacial score (nSPS) is 13.9. The first kappa shape index (κ1) is 15.0. The highest BCUT2D eigenvalue weighted by atomic mass is 32.2. The van der Waals surface area contributed by atoms with E-state index in [-0.39, 0.29) is 24.4 Å². The highest BCUT2D eigenvalue weighted by Gasteiger charge is 2.22. The van der Waals surface area contributed by atoms with Crippen LogP contribution in [0.15, 0.2) is 12.7 Å². The quantitative estimate of drug-likeness (QED) is 0.483. The highest BCUT2D eigenvalue weighted by molar-refractivity contribution is 7.99. The van der Waals surface area contributed by atoms with Gasteiger partial charge in [-0.1, -0.05) is 6.08 Å². The standard InChI is InChI=1S/C10H17NO4S/c1-4-5-15-6-8(10(13)14)11-9(12)7(2)16-3/h4,7-8H,1,5-6H2,2-3H3,(H,11,12)(H,13,14). The van der Waals surface area contributed by atoms with Crippen molar-refractivity contribution in [2.75, 3.05) is 19.5 Å². The molecule has 6 heteroatoms. The van der Waals surface area contributed by atoms with Gasteiger partial charge in [0.25, 0.3) is 0 Å². The van der Waals surface area contributed by atoms with E-state index in [1.807, 2.05) is 0 Å². The maximum atomic E-state index is 11.5. The van der Waals surface area contributed by atoms with Crippen molar-refractivity contribution in [2.24, 2.45) is 0 Å². The fourth-order valence-corrected chi connectivity index (χ4v) is 1.12. The molecule has 0 fully saturated rings. The second-order valence-corrected chi connectivity index (χ2v) is 4.28. The predicted octanol–water partition coefficient (Wildman–Crippen LogP) is 0.510. The van der Waals surface area contributed by atoms with Crippen molar-refractivity contribution in [3.63, 3.8) is 0 Å². The van der Waals surface area contributed by atoms with Crippen molar-refractivity contribution < 1.29 is 19.4 Å². The first-order chi connectivity index (χ1) is 7.52. The van der Waals surface area contributed by atoms with E-state index in [4.69, 9.17) is 9.84 Å². The van der Waals surface area contributed by atoms with Gasteiger partial charge in [-0.25, -0.2) is 4.79 Å². The molecule has 0 heterocycles. The Morgan fingerprint density at radius 1 is 1.62 bits per heavy atom. The van der Waals surface area contributed by atoms with Crippen molar-refractivity contribution in [2.45, 2.75) is 18.2 Å². The van der Waals surface area contributed by atoms with Crippen LogP contribution in [0.4, 0.5) is 0 Å². The van der Waals surface area contributed by atoms with Crippen LogP contribution in [-0.4, -0.2) is 47.7 Å². The van der Waals surface area contributed by atoms with Gasteiger partial charge in [0.05, 0.1) is 18.5 Å². The molecule has 92 valence electrons. The number of thioether (sulfide) groups is 1. The number of rotatable bonds is 8. The summed E-state index contributed by atoms with van der Waals surface area (Å²) in [5.74, 6) is -1.41. The van der Waals surface area contributed by atoms with E-state index >= 15 is 0 Å². The van der Waals surface area contributed by atoms with E-state index in [0.29, 0.717) is 0 Å². The van der Waals surface area contributed by atoms with Crippen LogP contribution >= 0.6 is 11.8 Å². The van der Waals surface area contributed by atoms with Gasteiger partial charge in [0.1, 0.15) is 0 Å². The first-order valence-electron chi connectivity index (χ1n) is 4.77. The molecule has 0 bridgehead atoms. The number of amides is 1. The number of ether oxygens (including phenoxy) is 1. The van der Waals surface area contributed by atoms with E-state index in [1.165, 1.54) is 17.8 Å². The molecule has 2 N–H and O–H groups in total. The van der Waals surface area contributed by atoms with E-state index < -0.39 is 12.0 Å². The molecule has 0 aromatic carbocycles. The molecule has 2 atom stereocenters. The summed E-state index contributed by atoms with van der Waals surface area (Å²) in [6.45, 7) is 5.35. The number of hydrogen-bond donors (Lipinski definition) is 2. The second-order valence-electron chi connectivity index (χ2n) is 3.10. The van der Waals surface area contributed by atoms with Crippen molar-refractivity contribution in [1.82, 2.24) is 5.32 Å². The molecular weight excluding hydrogens is 230 g/mol. The average molecular weight is 247 g/mol. The zero-order chi connectivity index (χ0) is 12.6. The maximum absolute atomic E-state index is 11.5. The van der Waals surface area contributed by atoms with Crippen LogP contribution in [-0.2, 0) is 14.3 Å². The maximum Gasteiger partial charge on any atom is 0.328 e. The summed E-state index contributed by atoms with van der Waals surface area (Å²) in [6, 6.07) is -1.01. The third-order valence-electron chi connectivity index (χ3n) is 1.86. The van der Waals surface area contributed by atoms with Crippen LogP contribution in [0, 0.1) is 0 Å². The number of carbonyl (C=O) groups is 2. The van der Waals surface area contributed by atoms with Gasteiger partial charge >= 0.3 is 5.97 Å². The van der Waals surface area contributed by atoms with E-state index in [0.717, 1.165) is 0 Å². The third kappa shape index (κ3) is 5.77. The third-order valence-corrected chi connectivity index (χ3v) is 2.78. The zero-order valence-electron chi connectivity index (χ0n) is 9.43. The Balaban J connectivity index is 4.17. The molecule has 0 radical (unpaired) electrons. The average Bonchev–Trinajstić information content (AvgIpc) is 2.26. The van der Waals surface area contributed by atoms with Crippen LogP contribution in [0.25, 0.3) is 0 Å². The van der Waals surface area contributed by atoms with Gasteiger partial charge in [-0.3, -0.25) is 4.79 Å². The number of carboxylic acids is 1. The van der Waals surface area contributed by atoms with Gasteiger partial charge in [0, 0.05) is 0 Å². The molecule has 5 nitrogen and oxygen atoms in total. The lowest BCUT2D eigenvalue weighted by Gasteiger charge is -2.16. The fraction of sp³-hybridized carbons (Fsp3) is 0.600. The molecule has 0 aliphatic heterocycles. The molecule has 0 saturated heterocycles. The molecule has 0 spiro atoms.